The summed E-state index contributed by atoms with van der Waals surface area (Å²) in [7, 11) is 0. The Balaban J connectivity index is 1.75. The van der Waals surface area contributed by atoms with Gasteiger partial charge < -0.3 is 11.1 Å². The summed E-state index contributed by atoms with van der Waals surface area (Å²) in [6, 6.07) is 18.1. The third-order valence-corrected chi connectivity index (χ3v) is 7.54. The summed E-state index contributed by atoms with van der Waals surface area (Å²) in [6.45, 7) is 7.87. The van der Waals surface area contributed by atoms with Crippen LogP contribution in [0.1, 0.15) is 126 Å². The van der Waals surface area contributed by atoms with E-state index in [-0.39, 0.29) is 12.0 Å². The molecule has 2 nitrogen and oxygen atoms in total. The van der Waals surface area contributed by atoms with E-state index < -0.39 is 0 Å². The summed E-state index contributed by atoms with van der Waals surface area (Å²) >= 11 is 0. The first-order valence-corrected chi connectivity index (χ1v) is 14.1. The van der Waals surface area contributed by atoms with E-state index in [1.165, 1.54) is 92.0 Å². The van der Waals surface area contributed by atoms with Crippen molar-refractivity contribution in [2.24, 2.45) is 5.73 Å². The number of benzene rings is 2. The molecule has 0 saturated heterocycles. The van der Waals surface area contributed by atoms with Crippen LogP contribution in [0.4, 0.5) is 0 Å². The van der Waals surface area contributed by atoms with Gasteiger partial charge in [0, 0.05) is 17.7 Å². The molecule has 0 radical (unpaired) electrons. The average molecular weight is 461 g/mol. The van der Waals surface area contributed by atoms with Crippen LogP contribution in [0, 0.1) is 0 Å². The zero-order chi connectivity index (χ0) is 24.2. The van der Waals surface area contributed by atoms with Crippen molar-refractivity contribution in [1.82, 2.24) is 5.32 Å². The second-order valence-electron chi connectivity index (χ2n) is 10.1. The molecule has 0 heterocycles. The van der Waals surface area contributed by atoms with Gasteiger partial charge in [-0.2, -0.15) is 0 Å². The van der Waals surface area contributed by atoms with Crippen molar-refractivity contribution in [3.63, 3.8) is 0 Å². The largest absolute Gasteiger partial charge is 0.401 e. The van der Waals surface area contributed by atoms with E-state index in [4.69, 9.17) is 5.73 Å². The van der Waals surface area contributed by atoms with Gasteiger partial charge in [-0.3, -0.25) is 0 Å². The normalized spacial score (nSPS) is 16.1. The topological polar surface area (TPSA) is 38.0 Å². The van der Waals surface area contributed by atoms with E-state index in [9.17, 15) is 0 Å². The Bertz CT molecular complexity index is 883. The lowest BCUT2D eigenvalue weighted by Gasteiger charge is -2.28. The van der Waals surface area contributed by atoms with Crippen LogP contribution in [0.25, 0.3) is 5.57 Å². The first kappa shape index (κ1) is 26.5. The molecule has 0 spiro atoms. The molecule has 0 bridgehead atoms. The van der Waals surface area contributed by atoms with E-state index in [0.717, 1.165) is 25.1 Å². The zero-order valence-corrected chi connectivity index (χ0v) is 22.0. The van der Waals surface area contributed by atoms with Crippen LogP contribution in [-0.4, -0.2) is 6.54 Å². The lowest BCUT2D eigenvalue weighted by atomic mass is 9.85. The highest BCUT2D eigenvalue weighted by Gasteiger charge is 2.36. The fourth-order valence-corrected chi connectivity index (χ4v) is 5.67. The number of rotatable bonds is 16. The second-order valence-corrected chi connectivity index (χ2v) is 10.1. The quantitative estimate of drug-likeness (QED) is 0.246. The number of nitrogens with one attached hydrogen (secondary N) is 1. The molecule has 1 aliphatic carbocycles. The van der Waals surface area contributed by atoms with Crippen LogP contribution in [0.5, 0.6) is 0 Å². The Morgan fingerprint density at radius 3 is 2.12 bits per heavy atom. The fourth-order valence-electron chi connectivity index (χ4n) is 5.67. The van der Waals surface area contributed by atoms with Gasteiger partial charge >= 0.3 is 0 Å². The van der Waals surface area contributed by atoms with Crippen molar-refractivity contribution >= 4 is 5.57 Å². The molecule has 3 rings (SSSR count). The van der Waals surface area contributed by atoms with E-state index >= 15 is 0 Å². The van der Waals surface area contributed by atoms with E-state index in [0.29, 0.717) is 0 Å². The Morgan fingerprint density at radius 2 is 1.44 bits per heavy atom. The third-order valence-electron chi connectivity index (χ3n) is 7.54. The number of unbranched alkanes of at least 4 members (excludes halogenated alkanes) is 8. The number of hydrogen-bond acceptors (Lipinski definition) is 2. The lowest BCUT2D eigenvalue weighted by Crippen LogP contribution is -2.30. The van der Waals surface area contributed by atoms with Crippen LogP contribution in [0.2, 0.25) is 0 Å². The molecule has 1 aliphatic rings. The summed E-state index contributed by atoms with van der Waals surface area (Å²) in [4.78, 5) is 0. The molecule has 3 N–H and O–H groups in total. The molecule has 0 fully saturated rings. The van der Waals surface area contributed by atoms with Crippen LogP contribution in [0.3, 0.4) is 0 Å². The molecule has 2 heteroatoms. The zero-order valence-electron chi connectivity index (χ0n) is 22.0. The number of aryl methyl sites for hydroxylation is 1. The molecule has 0 amide bonds. The summed E-state index contributed by atoms with van der Waals surface area (Å²) in [5.74, 6) is 0.211. The van der Waals surface area contributed by atoms with Gasteiger partial charge in [-0.15, -0.1) is 0 Å². The maximum absolute atomic E-state index is 6.97. The van der Waals surface area contributed by atoms with Gasteiger partial charge in [0.15, 0.2) is 0 Å². The van der Waals surface area contributed by atoms with Gasteiger partial charge in [0.25, 0.3) is 0 Å². The molecule has 2 aromatic carbocycles. The highest BCUT2D eigenvalue weighted by molar-refractivity contribution is 5.80. The van der Waals surface area contributed by atoms with Crippen molar-refractivity contribution < 1.29 is 0 Å². The smallest absolute Gasteiger partial charge is 0.0445 e. The number of allylic oxidation sites excluding steroid dienone is 1. The maximum atomic E-state index is 6.97. The van der Waals surface area contributed by atoms with Crippen molar-refractivity contribution in [1.29, 1.82) is 0 Å². The van der Waals surface area contributed by atoms with Crippen molar-refractivity contribution in [2.45, 2.75) is 110 Å². The van der Waals surface area contributed by atoms with Crippen LogP contribution in [0.15, 0.2) is 54.2 Å². The molecular weight excluding hydrogens is 412 g/mol. The molecule has 0 aliphatic heterocycles. The predicted octanol–water partition coefficient (Wildman–Crippen LogP) is 8.68. The van der Waals surface area contributed by atoms with Crippen molar-refractivity contribution in [3.05, 3.63) is 76.5 Å². The first-order chi connectivity index (χ1) is 16.7. The second kappa shape index (κ2) is 14.4. The predicted molar refractivity (Wildman–Crippen MR) is 149 cm³/mol. The van der Waals surface area contributed by atoms with Crippen LogP contribution >= 0.6 is 0 Å². The summed E-state index contributed by atoms with van der Waals surface area (Å²) in [5.41, 5.74) is 15.1. The molecular formula is C32H48N2. The van der Waals surface area contributed by atoms with E-state index in [1.54, 1.807) is 0 Å². The summed E-state index contributed by atoms with van der Waals surface area (Å²) in [6.07, 6.45) is 15.4. The fraction of sp³-hybridized carbons (Fsp3) is 0.562. The van der Waals surface area contributed by atoms with E-state index in [1.807, 2.05) is 0 Å². The van der Waals surface area contributed by atoms with Crippen molar-refractivity contribution in [3.8, 4) is 0 Å². The van der Waals surface area contributed by atoms with Gasteiger partial charge in [0.05, 0.1) is 0 Å². The summed E-state index contributed by atoms with van der Waals surface area (Å²) in [5, 5.41) is 3.95. The number of hydrogen-bond donors (Lipinski definition) is 2. The third kappa shape index (κ3) is 6.75. The van der Waals surface area contributed by atoms with E-state index in [2.05, 4.69) is 74.6 Å². The Labute approximate surface area is 209 Å². The average Bonchev–Trinajstić information content (AvgIpc) is 3.16. The molecule has 2 aromatic rings. The SMILES string of the molecule is CCCCCCCCCCNC(c1ccccc1)C1C(N)=C(CC)c2c(CCCC)cccc21. The minimum atomic E-state index is 0.211. The minimum Gasteiger partial charge on any atom is -0.401 e. The Hall–Kier alpha value is -2.06. The monoisotopic (exact) mass is 460 g/mol. The van der Waals surface area contributed by atoms with Crippen molar-refractivity contribution in [2.75, 3.05) is 6.54 Å². The molecule has 0 aromatic heterocycles. The van der Waals surface area contributed by atoms with Gasteiger partial charge in [-0.05, 0) is 60.1 Å². The Kier molecular flexibility index (Phi) is 11.2. The Morgan fingerprint density at radius 1 is 0.765 bits per heavy atom. The van der Waals surface area contributed by atoms with Crippen LogP contribution in [-0.2, 0) is 6.42 Å². The number of nitrogens with two attached hydrogens (primary N) is 1. The first-order valence-electron chi connectivity index (χ1n) is 14.1. The lowest BCUT2D eigenvalue weighted by molar-refractivity contribution is 0.463. The summed E-state index contributed by atoms with van der Waals surface area (Å²) < 4.78 is 0. The molecule has 2 atom stereocenters. The molecule has 2 unspecified atom stereocenters. The molecule has 186 valence electrons. The minimum absolute atomic E-state index is 0.211. The van der Waals surface area contributed by atoms with Gasteiger partial charge in [-0.25, -0.2) is 0 Å². The molecule has 0 saturated carbocycles. The van der Waals surface area contributed by atoms with Gasteiger partial charge in [0.2, 0.25) is 0 Å². The standard InChI is InChI=1S/C32H48N2/c1-4-7-9-10-11-12-13-17-24-34-32(26-20-15-14-16-21-26)30-28-23-18-22-25(19-8-5-2)29(28)27(6-3)31(30)33/h14-16,18,20-23,30,32,34H,4-13,17,19,24,33H2,1-3H3. The highest BCUT2D eigenvalue weighted by atomic mass is 14.9. The van der Waals surface area contributed by atoms with Gasteiger partial charge in [-0.1, -0.05) is 121 Å². The number of fused-ring (bicyclic) bond motifs is 1. The maximum Gasteiger partial charge on any atom is 0.0445 e. The van der Waals surface area contributed by atoms with Crippen LogP contribution < -0.4 is 11.1 Å². The van der Waals surface area contributed by atoms with Gasteiger partial charge in [0.1, 0.15) is 0 Å². The highest BCUT2D eigenvalue weighted by Crippen LogP contribution is 2.48. The molecule has 34 heavy (non-hydrogen) atoms.